The number of amides is 2. The molecular weight excluding hydrogens is 280 g/mol. The molecule has 1 aromatic rings. The van der Waals surface area contributed by atoms with Gasteiger partial charge in [-0.15, -0.1) is 0 Å². The molecular formula is C13H14N2O4S. The van der Waals surface area contributed by atoms with Crippen molar-refractivity contribution in [3.8, 4) is 0 Å². The first-order valence-electron chi connectivity index (χ1n) is 6.09. The maximum atomic E-state index is 11.7. The van der Waals surface area contributed by atoms with Crippen molar-refractivity contribution in [1.29, 1.82) is 0 Å². The van der Waals surface area contributed by atoms with Crippen molar-refractivity contribution in [1.82, 2.24) is 10.6 Å². The summed E-state index contributed by atoms with van der Waals surface area (Å²) in [5.74, 6) is -0.692. The lowest BCUT2D eigenvalue weighted by molar-refractivity contribution is -0.122. The zero-order valence-corrected chi connectivity index (χ0v) is 11.4. The molecule has 0 aromatic heterocycles. The van der Waals surface area contributed by atoms with Gasteiger partial charge >= 0.3 is 5.97 Å². The number of carboxylic acids is 1. The molecule has 0 saturated carbocycles. The standard InChI is InChI=1S/C13H14N2O4S/c16-11(10-7-20-13(19)15-10)14-6-5-8-1-3-9(4-2-8)12(17)18/h1-4,10H,5-7H2,(H,14,16)(H,15,19)(H,17,18). The highest BCUT2D eigenvalue weighted by atomic mass is 32.2. The van der Waals surface area contributed by atoms with Crippen LogP contribution in [-0.4, -0.2) is 40.6 Å². The Labute approximate surface area is 119 Å². The van der Waals surface area contributed by atoms with Crippen molar-refractivity contribution in [2.45, 2.75) is 12.5 Å². The molecule has 2 amide bonds. The second-order valence-corrected chi connectivity index (χ2v) is 5.33. The third-order valence-electron chi connectivity index (χ3n) is 2.90. The number of hydrogen-bond donors (Lipinski definition) is 3. The highest BCUT2D eigenvalue weighted by Gasteiger charge is 2.27. The van der Waals surface area contributed by atoms with Gasteiger partial charge in [0.1, 0.15) is 6.04 Å². The fourth-order valence-corrected chi connectivity index (χ4v) is 2.57. The average Bonchev–Trinajstić information content (AvgIpc) is 2.86. The van der Waals surface area contributed by atoms with Gasteiger partial charge < -0.3 is 15.7 Å². The summed E-state index contributed by atoms with van der Waals surface area (Å²) in [4.78, 5) is 33.4. The van der Waals surface area contributed by atoms with E-state index >= 15 is 0 Å². The Bertz CT molecular complexity index is 530. The third-order valence-corrected chi connectivity index (χ3v) is 3.78. The van der Waals surface area contributed by atoms with E-state index in [0.29, 0.717) is 18.7 Å². The molecule has 3 N–H and O–H groups in total. The number of hydrogen-bond acceptors (Lipinski definition) is 4. The van der Waals surface area contributed by atoms with Gasteiger partial charge in [0.15, 0.2) is 0 Å². The van der Waals surface area contributed by atoms with Gasteiger partial charge in [0, 0.05) is 12.3 Å². The van der Waals surface area contributed by atoms with Gasteiger partial charge in [-0.1, -0.05) is 23.9 Å². The van der Waals surface area contributed by atoms with E-state index in [2.05, 4.69) is 10.6 Å². The Morgan fingerprint density at radius 3 is 2.60 bits per heavy atom. The predicted octanol–water partition coefficient (Wildman–Crippen LogP) is 0.868. The van der Waals surface area contributed by atoms with Crippen LogP contribution in [0.4, 0.5) is 4.79 Å². The Morgan fingerprint density at radius 2 is 2.05 bits per heavy atom. The Balaban J connectivity index is 1.76. The molecule has 1 aliphatic rings. The predicted molar refractivity (Wildman–Crippen MR) is 74.9 cm³/mol. The second kappa shape index (κ2) is 6.42. The topological polar surface area (TPSA) is 95.5 Å². The fourth-order valence-electron chi connectivity index (χ4n) is 1.79. The minimum atomic E-state index is -0.959. The van der Waals surface area contributed by atoms with Gasteiger partial charge in [-0.25, -0.2) is 4.79 Å². The number of aromatic carboxylic acids is 1. The molecule has 7 heteroatoms. The monoisotopic (exact) mass is 294 g/mol. The van der Waals surface area contributed by atoms with Crippen LogP contribution in [0, 0.1) is 0 Å². The number of nitrogens with one attached hydrogen (secondary N) is 2. The lowest BCUT2D eigenvalue weighted by atomic mass is 10.1. The SMILES string of the molecule is O=C1NC(C(=O)NCCc2ccc(C(=O)O)cc2)CS1. The quantitative estimate of drug-likeness (QED) is 0.749. The number of benzene rings is 1. The molecule has 1 fully saturated rings. The van der Waals surface area contributed by atoms with E-state index in [0.717, 1.165) is 17.3 Å². The molecule has 2 rings (SSSR count). The van der Waals surface area contributed by atoms with E-state index in [4.69, 9.17) is 5.11 Å². The molecule has 1 saturated heterocycles. The van der Waals surface area contributed by atoms with Crippen LogP contribution in [0.15, 0.2) is 24.3 Å². The second-order valence-electron chi connectivity index (χ2n) is 4.34. The maximum Gasteiger partial charge on any atom is 0.335 e. The van der Waals surface area contributed by atoms with Crippen molar-refractivity contribution in [3.05, 3.63) is 35.4 Å². The van der Waals surface area contributed by atoms with Crippen molar-refractivity contribution in [2.75, 3.05) is 12.3 Å². The van der Waals surface area contributed by atoms with Gasteiger partial charge in [0.25, 0.3) is 5.24 Å². The highest BCUT2D eigenvalue weighted by molar-refractivity contribution is 8.14. The van der Waals surface area contributed by atoms with Crippen molar-refractivity contribution < 1.29 is 19.5 Å². The molecule has 1 aromatic carbocycles. The molecule has 1 aliphatic heterocycles. The van der Waals surface area contributed by atoms with E-state index in [1.54, 1.807) is 12.1 Å². The molecule has 20 heavy (non-hydrogen) atoms. The Hall–Kier alpha value is -2.02. The molecule has 0 bridgehead atoms. The zero-order chi connectivity index (χ0) is 14.5. The smallest absolute Gasteiger partial charge is 0.335 e. The number of carbonyl (C=O) groups is 3. The molecule has 1 heterocycles. The molecule has 0 spiro atoms. The lowest BCUT2D eigenvalue weighted by Gasteiger charge is -2.10. The summed E-state index contributed by atoms with van der Waals surface area (Å²) in [6, 6.07) is 6.06. The van der Waals surface area contributed by atoms with Crippen LogP contribution < -0.4 is 10.6 Å². The third kappa shape index (κ3) is 3.74. The van der Waals surface area contributed by atoms with Crippen LogP contribution >= 0.6 is 11.8 Å². The molecule has 0 radical (unpaired) electrons. The Morgan fingerprint density at radius 1 is 1.35 bits per heavy atom. The zero-order valence-electron chi connectivity index (χ0n) is 10.6. The van der Waals surface area contributed by atoms with Crippen LogP contribution in [0.3, 0.4) is 0 Å². The minimum absolute atomic E-state index is 0.172. The molecule has 1 unspecified atom stereocenters. The largest absolute Gasteiger partial charge is 0.478 e. The summed E-state index contributed by atoms with van der Waals surface area (Å²) in [6.45, 7) is 0.447. The van der Waals surface area contributed by atoms with Gasteiger partial charge in [-0.3, -0.25) is 9.59 Å². The van der Waals surface area contributed by atoms with Crippen LogP contribution in [-0.2, 0) is 11.2 Å². The van der Waals surface area contributed by atoms with Gasteiger partial charge in [0.05, 0.1) is 5.56 Å². The van der Waals surface area contributed by atoms with Crippen molar-refractivity contribution >= 4 is 28.9 Å². The lowest BCUT2D eigenvalue weighted by Crippen LogP contribution is -2.43. The van der Waals surface area contributed by atoms with Crippen LogP contribution in [0.1, 0.15) is 15.9 Å². The highest BCUT2D eigenvalue weighted by Crippen LogP contribution is 2.12. The number of rotatable bonds is 5. The molecule has 0 aliphatic carbocycles. The summed E-state index contributed by atoms with van der Waals surface area (Å²) < 4.78 is 0. The fraction of sp³-hybridized carbons (Fsp3) is 0.308. The van der Waals surface area contributed by atoms with Crippen LogP contribution in [0.25, 0.3) is 0 Å². The van der Waals surface area contributed by atoms with E-state index in [1.165, 1.54) is 12.1 Å². The Kier molecular flexibility index (Phi) is 4.62. The number of thioether (sulfide) groups is 1. The van der Waals surface area contributed by atoms with Crippen LogP contribution in [0.5, 0.6) is 0 Å². The van der Waals surface area contributed by atoms with Gasteiger partial charge in [0.2, 0.25) is 5.91 Å². The average molecular weight is 294 g/mol. The van der Waals surface area contributed by atoms with Crippen LogP contribution in [0.2, 0.25) is 0 Å². The summed E-state index contributed by atoms with van der Waals surface area (Å²) in [6.07, 6.45) is 0.611. The molecule has 106 valence electrons. The molecule has 6 nitrogen and oxygen atoms in total. The normalized spacial score (nSPS) is 17.6. The van der Waals surface area contributed by atoms with Gasteiger partial charge in [-0.05, 0) is 24.1 Å². The number of carbonyl (C=O) groups excluding carboxylic acids is 2. The minimum Gasteiger partial charge on any atom is -0.478 e. The van der Waals surface area contributed by atoms with Gasteiger partial charge in [-0.2, -0.15) is 0 Å². The van der Waals surface area contributed by atoms with Crippen molar-refractivity contribution in [2.24, 2.45) is 0 Å². The maximum absolute atomic E-state index is 11.7. The summed E-state index contributed by atoms with van der Waals surface area (Å²) >= 11 is 1.10. The molecule has 1 atom stereocenters. The summed E-state index contributed by atoms with van der Waals surface area (Å²) in [7, 11) is 0. The number of carboxylic acid groups (broad SMARTS) is 1. The first-order valence-corrected chi connectivity index (χ1v) is 7.08. The first-order chi connectivity index (χ1) is 9.56. The van der Waals surface area contributed by atoms with Crippen molar-refractivity contribution in [3.63, 3.8) is 0 Å². The van der Waals surface area contributed by atoms with E-state index in [-0.39, 0.29) is 16.7 Å². The van der Waals surface area contributed by atoms with E-state index < -0.39 is 12.0 Å². The van der Waals surface area contributed by atoms with E-state index in [1.807, 2.05) is 0 Å². The first kappa shape index (κ1) is 14.4. The van der Waals surface area contributed by atoms with E-state index in [9.17, 15) is 14.4 Å². The summed E-state index contributed by atoms with van der Waals surface area (Å²) in [5.41, 5.74) is 1.18. The summed E-state index contributed by atoms with van der Waals surface area (Å²) in [5, 5.41) is 13.9.